The smallest absolute Gasteiger partial charge is 0.397 e. The maximum absolute atomic E-state index is 12.6. The van der Waals surface area contributed by atoms with Gasteiger partial charge in [0.15, 0.2) is 0 Å². The van der Waals surface area contributed by atoms with Crippen molar-refractivity contribution in [3.8, 4) is 11.3 Å². The van der Waals surface area contributed by atoms with E-state index in [0.717, 1.165) is 17.7 Å². The van der Waals surface area contributed by atoms with Crippen molar-refractivity contribution in [2.24, 2.45) is 0 Å². The maximum Gasteiger partial charge on any atom is 0.416 e. The number of hydrogen-bond acceptors (Lipinski definition) is 2. The molecule has 1 aromatic carbocycles. The summed E-state index contributed by atoms with van der Waals surface area (Å²) in [5, 5.41) is 0. The second-order valence-corrected chi connectivity index (χ2v) is 4.42. The summed E-state index contributed by atoms with van der Waals surface area (Å²) in [4.78, 5) is 4.16. The van der Waals surface area contributed by atoms with Gasteiger partial charge in [-0.15, -0.1) is 0 Å². The SMILES string of the molecule is Cc1cc(C(F)(F)F)ccc1-c1nccc(C)c1N. The molecule has 0 amide bonds. The fourth-order valence-electron chi connectivity index (χ4n) is 1.89. The lowest BCUT2D eigenvalue weighted by atomic mass is 10.00. The lowest BCUT2D eigenvalue weighted by Crippen LogP contribution is -2.05. The van der Waals surface area contributed by atoms with Crippen LogP contribution in [0.1, 0.15) is 16.7 Å². The number of pyridine rings is 1. The molecule has 0 aliphatic carbocycles. The van der Waals surface area contributed by atoms with Crippen molar-refractivity contribution >= 4 is 5.69 Å². The molecule has 2 nitrogen and oxygen atoms in total. The Bertz CT molecular complexity index is 619. The minimum absolute atomic E-state index is 0.491. The molecule has 19 heavy (non-hydrogen) atoms. The highest BCUT2D eigenvalue weighted by atomic mass is 19.4. The van der Waals surface area contributed by atoms with Crippen LogP contribution in [-0.4, -0.2) is 4.98 Å². The van der Waals surface area contributed by atoms with Crippen molar-refractivity contribution in [1.82, 2.24) is 4.98 Å². The molecule has 2 aromatic rings. The van der Waals surface area contributed by atoms with Crippen LogP contribution in [0.15, 0.2) is 30.5 Å². The van der Waals surface area contributed by atoms with Crippen molar-refractivity contribution < 1.29 is 13.2 Å². The van der Waals surface area contributed by atoms with Crippen molar-refractivity contribution in [1.29, 1.82) is 0 Å². The minimum Gasteiger partial charge on any atom is -0.397 e. The molecule has 0 atom stereocenters. The van der Waals surface area contributed by atoms with Gasteiger partial charge in [0.05, 0.1) is 16.9 Å². The number of nitrogens with zero attached hydrogens (tertiary/aromatic N) is 1. The molecule has 100 valence electrons. The van der Waals surface area contributed by atoms with Gasteiger partial charge in [0.1, 0.15) is 0 Å². The zero-order chi connectivity index (χ0) is 14.2. The zero-order valence-electron chi connectivity index (χ0n) is 10.5. The third-order valence-corrected chi connectivity index (χ3v) is 3.02. The number of aryl methyl sites for hydroxylation is 2. The Morgan fingerprint density at radius 2 is 1.74 bits per heavy atom. The summed E-state index contributed by atoms with van der Waals surface area (Å²) in [5.74, 6) is 0. The van der Waals surface area contributed by atoms with Crippen LogP contribution < -0.4 is 5.73 Å². The molecule has 0 aliphatic rings. The topological polar surface area (TPSA) is 38.9 Å². The van der Waals surface area contributed by atoms with Gasteiger partial charge in [-0.2, -0.15) is 13.2 Å². The Kier molecular flexibility index (Phi) is 3.22. The van der Waals surface area contributed by atoms with E-state index in [-0.39, 0.29) is 0 Å². The van der Waals surface area contributed by atoms with Crippen molar-refractivity contribution in [3.05, 3.63) is 47.2 Å². The van der Waals surface area contributed by atoms with E-state index in [1.165, 1.54) is 6.07 Å². The number of aromatic nitrogens is 1. The van der Waals surface area contributed by atoms with Gasteiger partial charge < -0.3 is 5.73 Å². The van der Waals surface area contributed by atoms with Gasteiger partial charge in [-0.1, -0.05) is 6.07 Å². The molecule has 2 rings (SSSR count). The van der Waals surface area contributed by atoms with E-state index < -0.39 is 11.7 Å². The summed E-state index contributed by atoms with van der Waals surface area (Å²) in [5.41, 5.74) is 8.24. The number of nitrogen functional groups attached to an aromatic ring is 1. The first-order valence-corrected chi connectivity index (χ1v) is 5.70. The molecular weight excluding hydrogens is 253 g/mol. The molecule has 0 bridgehead atoms. The lowest BCUT2D eigenvalue weighted by Gasteiger charge is -2.13. The summed E-state index contributed by atoms with van der Waals surface area (Å²) >= 11 is 0. The van der Waals surface area contributed by atoms with Gasteiger partial charge in [-0.05, 0) is 43.2 Å². The number of benzene rings is 1. The Hall–Kier alpha value is -2.04. The maximum atomic E-state index is 12.6. The molecule has 0 aliphatic heterocycles. The summed E-state index contributed by atoms with van der Waals surface area (Å²) in [6.07, 6.45) is -2.74. The fourth-order valence-corrected chi connectivity index (χ4v) is 1.89. The molecule has 1 heterocycles. The van der Waals surface area contributed by atoms with Crippen LogP contribution in [0, 0.1) is 13.8 Å². The highest BCUT2D eigenvalue weighted by molar-refractivity contribution is 5.76. The first-order valence-electron chi connectivity index (χ1n) is 5.70. The van der Waals surface area contributed by atoms with Gasteiger partial charge in [-0.25, -0.2) is 0 Å². The molecule has 1 aromatic heterocycles. The number of alkyl halides is 3. The summed E-state index contributed by atoms with van der Waals surface area (Å²) in [7, 11) is 0. The molecule has 0 saturated heterocycles. The summed E-state index contributed by atoms with van der Waals surface area (Å²) in [6, 6.07) is 5.33. The fraction of sp³-hybridized carbons (Fsp3) is 0.214. The Morgan fingerprint density at radius 3 is 2.32 bits per heavy atom. The molecule has 0 saturated carbocycles. The molecule has 2 N–H and O–H groups in total. The third-order valence-electron chi connectivity index (χ3n) is 3.02. The second-order valence-electron chi connectivity index (χ2n) is 4.42. The Morgan fingerprint density at radius 1 is 1.05 bits per heavy atom. The predicted octanol–water partition coefficient (Wildman–Crippen LogP) is 3.97. The average molecular weight is 266 g/mol. The van der Waals surface area contributed by atoms with E-state index in [2.05, 4.69) is 4.98 Å². The van der Waals surface area contributed by atoms with Crippen molar-refractivity contribution in [2.45, 2.75) is 20.0 Å². The van der Waals surface area contributed by atoms with E-state index >= 15 is 0 Å². The van der Waals surface area contributed by atoms with E-state index in [4.69, 9.17) is 5.73 Å². The first-order chi connectivity index (χ1) is 8.80. The minimum atomic E-state index is -4.34. The Labute approximate surface area is 109 Å². The number of rotatable bonds is 1. The van der Waals surface area contributed by atoms with Gasteiger partial charge in [0.2, 0.25) is 0 Å². The van der Waals surface area contributed by atoms with E-state index in [0.29, 0.717) is 22.5 Å². The molecule has 0 radical (unpaired) electrons. The number of anilines is 1. The Balaban J connectivity index is 2.56. The van der Waals surface area contributed by atoms with Crippen LogP contribution in [-0.2, 0) is 6.18 Å². The largest absolute Gasteiger partial charge is 0.416 e. The third kappa shape index (κ3) is 2.54. The van der Waals surface area contributed by atoms with Crippen LogP contribution in [0.25, 0.3) is 11.3 Å². The summed E-state index contributed by atoms with van der Waals surface area (Å²) in [6.45, 7) is 3.45. The van der Waals surface area contributed by atoms with Gasteiger partial charge in [-0.3, -0.25) is 4.98 Å². The van der Waals surface area contributed by atoms with Crippen LogP contribution in [0.5, 0.6) is 0 Å². The molecule has 0 spiro atoms. The van der Waals surface area contributed by atoms with Crippen molar-refractivity contribution in [3.63, 3.8) is 0 Å². The normalized spacial score (nSPS) is 11.6. The molecule has 0 unspecified atom stereocenters. The zero-order valence-corrected chi connectivity index (χ0v) is 10.5. The van der Waals surface area contributed by atoms with E-state index in [1.54, 1.807) is 19.2 Å². The van der Waals surface area contributed by atoms with Gasteiger partial charge in [0.25, 0.3) is 0 Å². The first kappa shape index (κ1) is 13.4. The monoisotopic (exact) mass is 266 g/mol. The van der Waals surface area contributed by atoms with Crippen molar-refractivity contribution in [2.75, 3.05) is 5.73 Å². The molecule has 5 heteroatoms. The number of nitrogens with two attached hydrogens (primary N) is 1. The average Bonchev–Trinajstić information content (AvgIpc) is 2.32. The quantitative estimate of drug-likeness (QED) is 0.848. The van der Waals surface area contributed by atoms with E-state index in [9.17, 15) is 13.2 Å². The second kappa shape index (κ2) is 4.57. The van der Waals surface area contributed by atoms with Crippen LogP contribution in [0.2, 0.25) is 0 Å². The molecule has 0 fully saturated rings. The van der Waals surface area contributed by atoms with E-state index in [1.807, 2.05) is 6.92 Å². The summed E-state index contributed by atoms with van der Waals surface area (Å²) < 4.78 is 37.8. The highest BCUT2D eigenvalue weighted by Crippen LogP contribution is 2.34. The lowest BCUT2D eigenvalue weighted by molar-refractivity contribution is -0.137. The predicted molar refractivity (Wildman–Crippen MR) is 68.6 cm³/mol. The van der Waals surface area contributed by atoms with Crippen LogP contribution in [0.3, 0.4) is 0 Å². The van der Waals surface area contributed by atoms with Gasteiger partial charge in [0, 0.05) is 11.8 Å². The number of halogens is 3. The number of hydrogen-bond donors (Lipinski definition) is 1. The van der Waals surface area contributed by atoms with Crippen LogP contribution >= 0.6 is 0 Å². The van der Waals surface area contributed by atoms with Crippen LogP contribution in [0.4, 0.5) is 18.9 Å². The standard InChI is InChI=1S/C14H13F3N2/c1-8-5-6-19-13(12(8)18)11-4-3-10(7-9(11)2)14(15,16)17/h3-7H,18H2,1-2H3. The highest BCUT2D eigenvalue weighted by Gasteiger charge is 2.30. The molecular formula is C14H13F3N2. The van der Waals surface area contributed by atoms with Gasteiger partial charge >= 0.3 is 6.18 Å².